The van der Waals surface area contributed by atoms with Gasteiger partial charge in [0.25, 0.3) is 5.56 Å². The van der Waals surface area contributed by atoms with Crippen LogP contribution in [-0.4, -0.2) is 49.2 Å². The first-order valence-electron chi connectivity index (χ1n) is 14.1. The van der Waals surface area contributed by atoms with Gasteiger partial charge in [0.2, 0.25) is 5.95 Å². The van der Waals surface area contributed by atoms with Gasteiger partial charge in [-0.15, -0.1) is 0 Å². The number of aromatic amines is 1. The number of pyridine rings is 1. The van der Waals surface area contributed by atoms with Crippen LogP contribution < -0.4 is 11.3 Å². The van der Waals surface area contributed by atoms with E-state index in [0.29, 0.717) is 39.5 Å². The van der Waals surface area contributed by atoms with Crippen molar-refractivity contribution in [1.82, 2.24) is 24.4 Å². The number of fused-ring (bicyclic) bond motifs is 2. The molecule has 8 nitrogen and oxygen atoms in total. The highest BCUT2D eigenvalue weighted by Gasteiger charge is 2.26. The highest BCUT2D eigenvalue weighted by Crippen LogP contribution is 2.41. The van der Waals surface area contributed by atoms with Crippen molar-refractivity contribution >= 4 is 33.3 Å². The third-order valence-electron chi connectivity index (χ3n) is 8.44. The van der Waals surface area contributed by atoms with Crippen LogP contribution in [0.2, 0.25) is 0 Å². The van der Waals surface area contributed by atoms with Crippen molar-refractivity contribution in [3.63, 3.8) is 0 Å². The van der Waals surface area contributed by atoms with Gasteiger partial charge < -0.3 is 15.8 Å². The normalized spacial score (nSPS) is 16.0. The van der Waals surface area contributed by atoms with Gasteiger partial charge in [-0.25, -0.2) is 9.37 Å². The Balaban J connectivity index is 1.37. The molecule has 41 heavy (non-hydrogen) atoms. The van der Waals surface area contributed by atoms with Crippen molar-refractivity contribution < 1.29 is 9.50 Å². The van der Waals surface area contributed by atoms with E-state index in [-0.39, 0.29) is 17.9 Å². The monoisotopic (exact) mass is 550 g/mol. The number of anilines is 1. The number of hydrogen-bond donors (Lipinski definition) is 3. The van der Waals surface area contributed by atoms with Crippen molar-refractivity contribution in [3.8, 4) is 16.9 Å². The summed E-state index contributed by atoms with van der Waals surface area (Å²) in [6.07, 6.45) is 6.89. The van der Waals surface area contributed by atoms with Crippen LogP contribution in [0.1, 0.15) is 48.9 Å². The number of nitrogens with two attached hydrogens (primary N) is 1. The van der Waals surface area contributed by atoms with Crippen LogP contribution in [0.5, 0.6) is 0 Å². The number of rotatable bonds is 6. The molecule has 1 saturated carbocycles. The fraction of sp³-hybridized carbons (Fsp3) is 0.281. The number of nitrogens with one attached hydrogen (secondary N) is 1. The summed E-state index contributed by atoms with van der Waals surface area (Å²) in [5, 5.41) is 12.0. The van der Waals surface area contributed by atoms with E-state index in [9.17, 15) is 9.90 Å². The molecular formula is C32H31FN6O2. The maximum absolute atomic E-state index is 15.2. The minimum atomic E-state index is -0.519. The van der Waals surface area contributed by atoms with Crippen LogP contribution in [0, 0.1) is 5.82 Å². The summed E-state index contributed by atoms with van der Waals surface area (Å²) in [6.45, 7) is 4.68. The summed E-state index contributed by atoms with van der Waals surface area (Å²) < 4.78 is 16.6. The van der Waals surface area contributed by atoms with E-state index in [2.05, 4.69) is 32.9 Å². The second-order valence-corrected chi connectivity index (χ2v) is 10.9. The molecule has 5 aromatic rings. The van der Waals surface area contributed by atoms with Gasteiger partial charge in [-0.05, 0) is 72.5 Å². The molecule has 4 heterocycles. The van der Waals surface area contributed by atoms with Crippen LogP contribution in [0.25, 0.3) is 44.3 Å². The SMILES string of the molecule is CCN1CC=C(c2cc3c(-c4cccc(-n5ccc6cc(C7CC7)cc(F)c6c5=O)c4CO)nc(N)nc3[nH]2)CC1. The van der Waals surface area contributed by atoms with E-state index in [1.54, 1.807) is 24.4 Å². The fourth-order valence-corrected chi connectivity index (χ4v) is 6.03. The fourth-order valence-electron chi connectivity index (χ4n) is 6.03. The van der Waals surface area contributed by atoms with Crippen molar-refractivity contribution in [2.75, 3.05) is 25.4 Å². The molecule has 7 rings (SSSR count). The number of nitrogens with zero attached hydrogens (tertiary/aromatic N) is 4. The second-order valence-electron chi connectivity index (χ2n) is 10.9. The number of nitrogen functional groups attached to an aromatic ring is 1. The Bertz CT molecular complexity index is 1920. The van der Waals surface area contributed by atoms with Crippen LogP contribution >= 0.6 is 0 Å². The van der Waals surface area contributed by atoms with Gasteiger partial charge in [0, 0.05) is 41.5 Å². The predicted octanol–water partition coefficient (Wildman–Crippen LogP) is 5.13. The molecule has 0 bridgehead atoms. The minimum absolute atomic E-state index is 0.0394. The Morgan fingerprint density at radius 2 is 2.02 bits per heavy atom. The lowest BCUT2D eigenvalue weighted by atomic mass is 9.99. The summed E-state index contributed by atoms with van der Waals surface area (Å²) >= 11 is 0. The van der Waals surface area contributed by atoms with Crippen LogP contribution in [-0.2, 0) is 6.61 Å². The van der Waals surface area contributed by atoms with E-state index in [0.717, 1.165) is 55.5 Å². The highest BCUT2D eigenvalue weighted by molar-refractivity contribution is 5.95. The Labute approximate surface area is 236 Å². The van der Waals surface area contributed by atoms with Crippen LogP contribution in [0.15, 0.2) is 59.5 Å². The summed E-state index contributed by atoms with van der Waals surface area (Å²) in [6, 6.07) is 12.6. The molecule has 2 aromatic carbocycles. The lowest BCUT2D eigenvalue weighted by Gasteiger charge is -2.24. The largest absolute Gasteiger partial charge is 0.392 e. The Hall–Kier alpha value is -4.34. The topological polar surface area (TPSA) is 113 Å². The average molecular weight is 551 g/mol. The van der Waals surface area contributed by atoms with E-state index < -0.39 is 11.4 Å². The first kappa shape index (κ1) is 25.6. The average Bonchev–Trinajstić information content (AvgIpc) is 3.75. The van der Waals surface area contributed by atoms with Crippen molar-refractivity contribution in [1.29, 1.82) is 0 Å². The lowest BCUT2D eigenvalue weighted by molar-refractivity contribution is 0.282. The standard InChI is InChI=1S/C32H31FN6O2/c1-2-38-11-8-19(9-12-38)26-16-23-29(36-32(34)37-30(23)35-26)22-4-3-5-27(24(22)17-40)39-13-10-20-14-21(18-6-7-18)15-25(33)28(20)31(39)41/h3-5,8,10,13-16,18,40H,2,6-7,9,11-12,17H2,1H3,(H3,34,35,36,37). The molecule has 208 valence electrons. The minimum Gasteiger partial charge on any atom is -0.392 e. The number of hydrogen-bond acceptors (Lipinski definition) is 6. The number of aromatic nitrogens is 4. The third-order valence-corrected chi connectivity index (χ3v) is 8.44. The molecule has 0 unspecified atom stereocenters. The summed E-state index contributed by atoms with van der Waals surface area (Å²) in [5.41, 5.74) is 11.5. The molecule has 9 heteroatoms. The zero-order valence-electron chi connectivity index (χ0n) is 22.8. The lowest BCUT2D eigenvalue weighted by Crippen LogP contribution is -2.28. The summed E-state index contributed by atoms with van der Waals surface area (Å²) in [5.74, 6) is -0.0448. The van der Waals surface area contributed by atoms with Crippen molar-refractivity contribution in [3.05, 3.63) is 87.7 Å². The molecule has 1 aliphatic carbocycles. The number of aliphatic hydroxyl groups is 1. The molecule has 0 radical (unpaired) electrons. The van der Waals surface area contributed by atoms with Crippen molar-refractivity contribution in [2.24, 2.45) is 0 Å². The van der Waals surface area contributed by atoms with E-state index in [4.69, 9.17) is 5.73 Å². The van der Waals surface area contributed by atoms with E-state index in [1.807, 2.05) is 18.2 Å². The second kappa shape index (κ2) is 9.94. The van der Waals surface area contributed by atoms with Gasteiger partial charge in [-0.3, -0.25) is 14.3 Å². The molecule has 2 aliphatic rings. The zero-order valence-corrected chi connectivity index (χ0v) is 22.8. The van der Waals surface area contributed by atoms with E-state index in [1.165, 1.54) is 16.2 Å². The maximum atomic E-state index is 15.2. The molecule has 1 fully saturated rings. The summed E-state index contributed by atoms with van der Waals surface area (Å²) in [7, 11) is 0. The molecule has 0 spiro atoms. The molecule has 0 amide bonds. The summed E-state index contributed by atoms with van der Waals surface area (Å²) in [4.78, 5) is 28.4. The molecule has 1 aliphatic heterocycles. The number of halogens is 1. The molecule has 3 aromatic heterocycles. The predicted molar refractivity (Wildman–Crippen MR) is 159 cm³/mol. The highest BCUT2D eigenvalue weighted by atomic mass is 19.1. The number of benzene rings is 2. The Morgan fingerprint density at radius 3 is 2.76 bits per heavy atom. The number of H-pyrrole nitrogens is 1. The van der Waals surface area contributed by atoms with Crippen LogP contribution in [0.4, 0.5) is 10.3 Å². The maximum Gasteiger partial charge on any atom is 0.265 e. The molecule has 0 atom stereocenters. The number of aliphatic hydroxyl groups excluding tert-OH is 1. The van der Waals surface area contributed by atoms with Gasteiger partial charge in [-0.1, -0.05) is 31.2 Å². The Kier molecular flexibility index (Phi) is 6.21. The first-order valence-corrected chi connectivity index (χ1v) is 14.1. The Morgan fingerprint density at radius 1 is 1.17 bits per heavy atom. The van der Waals surface area contributed by atoms with E-state index >= 15 is 4.39 Å². The molecular weight excluding hydrogens is 519 g/mol. The van der Waals surface area contributed by atoms with Gasteiger partial charge >= 0.3 is 0 Å². The van der Waals surface area contributed by atoms with Gasteiger partial charge in [-0.2, -0.15) is 4.98 Å². The first-order chi connectivity index (χ1) is 19.9. The zero-order chi connectivity index (χ0) is 28.2. The molecule has 0 saturated heterocycles. The smallest absolute Gasteiger partial charge is 0.265 e. The van der Waals surface area contributed by atoms with Gasteiger partial charge in [0.1, 0.15) is 11.5 Å². The third kappa shape index (κ3) is 4.42. The quantitative estimate of drug-likeness (QED) is 0.270. The van der Waals surface area contributed by atoms with Crippen LogP contribution in [0.3, 0.4) is 0 Å². The number of likely N-dealkylation sites (N-methyl/N-ethyl adjacent to an activating group) is 1. The van der Waals surface area contributed by atoms with Gasteiger partial charge in [0.05, 0.1) is 23.4 Å². The van der Waals surface area contributed by atoms with Crippen molar-refractivity contribution in [2.45, 2.75) is 38.7 Å². The molecule has 4 N–H and O–H groups in total. The van der Waals surface area contributed by atoms with Gasteiger partial charge in [0.15, 0.2) is 0 Å².